The van der Waals surface area contributed by atoms with Gasteiger partial charge in [0.25, 0.3) is 0 Å². The summed E-state index contributed by atoms with van der Waals surface area (Å²) in [7, 11) is 0. The van der Waals surface area contributed by atoms with E-state index in [1.807, 2.05) is 6.92 Å². The highest BCUT2D eigenvalue weighted by atomic mass is 15.3. The Bertz CT molecular complexity index is 498. The van der Waals surface area contributed by atoms with Gasteiger partial charge in [0.1, 0.15) is 17.5 Å². The zero-order chi connectivity index (χ0) is 15.7. The standard InChI is InChI=1S/C16H29N5/c1-11-12(18-10-16(5)8-6-7-9-16)19-14(15(2,3)4)20-13(11)21-17/h6-10,17H2,1-5H3,(H2,18,19,20,21). The maximum Gasteiger partial charge on any atom is 0.148 e. The van der Waals surface area contributed by atoms with Gasteiger partial charge in [-0.2, -0.15) is 0 Å². The summed E-state index contributed by atoms with van der Waals surface area (Å²) in [5.41, 5.74) is 3.95. The van der Waals surface area contributed by atoms with Gasteiger partial charge in [-0.1, -0.05) is 40.5 Å². The fraction of sp³-hybridized carbons (Fsp3) is 0.750. The van der Waals surface area contributed by atoms with Crippen LogP contribution in [0.25, 0.3) is 0 Å². The molecule has 2 rings (SSSR count). The molecule has 1 fully saturated rings. The zero-order valence-corrected chi connectivity index (χ0v) is 14.0. The van der Waals surface area contributed by atoms with Gasteiger partial charge in [0, 0.05) is 17.5 Å². The first-order valence-corrected chi connectivity index (χ1v) is 7.85. The number of aromatic nitrogens is 2. The summed E-state index contributed by atoms with van der Waals surface area (Å²) in [5, 5.41) is 3.54. The molecule has 1 aliphatic rings. The molecule has 0 bridgehead atoms. The Morgan fingerprint density at radius 1 is 1.14 bits per heavy atom. The first-order chi connectivity index (χ1) is 9.75. The highest BCUT2D eigenvalue weighted by Crippen LogP contribution is 2.37. The smallest absolute Gasteiger partial charge is 0.148 e. The normalized spacial score (nSPS) is 17.8. The Morgan fingerprint density at radius 3 is 2.24 bits per heavy atom. The number of nitrogens with zero attached hydrogens (tertiary/aromatic N) is 2. The van der Waals surface area contributed by atoms with Gasteiger partial charge in [0.2, 0.25) is 0 Å². The lowest BCUT2D eigenvalue weighted by Crippen LogP contribution is -2.26. The van der Waals surface area contributed by atoms with Crippen molar-refractivity contribution in [1.82, 2.24) is 9.97 Å². The van der Waals surface area contributed by atoms with Gasteiger partial charge in [-0.15, -0.1) is 0 Å². The summed E-state index contributed by atoms with van der Waals surface area (Å²) in [4.78, 5) is 9.26. The number of anilines is 2. The van der Waals surface area contributed by atoms with E-state index in [2.05, 4.69) is 43.4 Å². The average Bonchev–Trinajstić information content (AvgIpc) is 2.83. The highest BCUT2D eigenvalue weighted by molar-refractivity contribution is 5.57. The molecule has 4 N–H and O–H groups in total. The van der Waals surface area contributed by atoms with Crippen LogP contribution in [0.2, 0.25) is 0 Å². The molecule has 5 heteroatoms. The molecule has 0 atom stereocenters. The summed E-state index contributed by atoms with van der Waals surface area (Å²) in [6, 6.07) is 0. The van der Waals surface area contributed by atoms with Gasteiger partial charge in [-0.05, 0) is 25.2 Å². The zero-order valence-electron chi connectivity index (χ0n) is 14.0. The van der Waals surface area contributed by atoms with Crippen molar-refractivity contribution < 1.29 is 0 Å². The minimum Gasteiger partial charge on any atom is -0.369 e. The predicted octanol–water partition coefficient (Wildman–Crippen LogP) is 3.36. The van der Waals surface area contributed by atoms with E-state index in [-0.39, 0.29) is 5.41 Å². The van der Waals surface area contributed by atoms with E-state index < -0.39 is 0 Å². The monoisotopic (exact) mass is 291 g/mol. The van der Waals surface area contributed by atoms with Crippen LogP contribution >= 0.6 is 0 Å². The van der Waals surface area contributed by atoms with E-state index in [9.17, 15) is 0 Å². The molecule has 1 saturated carbocycles. The average molecular weight is 291 g/mol. The van der Waals surface area contributed by atoms with Crippen molar-refractivity contribution in [2.45, 2.75) is 65.7 Å². The second kappa shape index (κ2) is 5.79. The molecular weight excluding hydrogens is 262 g/mol. The Kier molecular flexibility index (Phi) is 4.42. The summed E-state index contributed by atoms with van der Waals surface area (Å²) in [5.74, 6) is 8.02. The van der Waals surface area contributed by atoms with Crippen molar-refractivity contribution in [1.29, 1.82) is 0 Å². The van der Waals surface area contributed by atoms with Gasteiger partial charge in [-0.25, -0.2) is 15.8 Å². The van der Waals surface area contributed by atoms with E-state index in [0.717, 1.165) is 23.8 Å². The van der Waals surface area contributed by atoms with Gasteiger partial charge < -0.3 is 10.7 Å². The van der Waals surface area contributed by atoms with Crippen molar-refractivity contribution in [3.05, 3.63) is 11.4 Å². The van der Waals surface area contributed by atoms with Gasteiger partial charge >= 0.3 is 0 Å². The Balaban J connectivity index is 2.25. The fourth-order valence-corrected chi connectivity index (χ4v) is 2.87. The van der Waals surface area contributed by atoms with E-state index in [1.54, 1.807) is 0 Å². The SMILES string of the molecule is Cc1c(NN)nc(C(C)(C)C)nc1NCC1(C)CCCC1. The predicted molar refractivity (Wildman–Crippen MR) is 88.3 cm³/mol. The second-order valence-corrected chi connectivity index (χ2v) is 7.64. The van der Waals surface area contributed by atoms with E-state index >= 15 is 0 Å². The van der Waals surface area contributed by atoms with Gasteiger partial charge in [-0.3, -0.25) is 0 Å². The molecule has 0 aromatic carbocycles. The molecule has 1 aromatic rings. The molecule has 118 valence electrons. The van der Waals surface area contributed by atoms with E-state index in [4.69, 9.17) is 10.8 Å². The lowest BCUT2D eigenvalue weighted by atomic mass is 9.89. The minimum atomic E-state index is -0.104. The van der Waals surface area contributed by atoms with Crippen molar-refractivity contribution in [3.63, 3.8) is 0 Å². The third-order valence-corrected chi connectivity index (χ3v) is 4.45. The van der Waals surface area contributed by atoms with E-state index in [0.29, 0.717) is 11.2 Å². The molecule has 0 radical (unpaired) electrons. The Hall–Kier alpha value is -1.36. The molecule has 0 amide bonds. The minimum absolute atomic E-state index is 0.104. The molecular formula is C16H29N5. The number of nitrogens with two attached hydrogens (primary N) is 1. The number of nitrogen functional groups attached to an aromatic ring is 1. The van der Waals surface area contributed by atoms with Crippen LogP contribution < -0.4 is 16.6 Å². The number of rotatable bonds is 4. The van der Waals surface area contributed by atoms with Crippen molar-refractivity contribution in [2.75, 3.05) is 17.3 Å². The number of hydrazine groups is 1. The third-order valence-electron chi connectivity index (χ3n) is 4.45. The number of nitrogens with one attached hydrogen (secondary N) is 2. The fourth-order valence-electron chi connectivity index (χ4n) is 2.87. The van der Waals surface area contributed by atoms with Crippen molar-refractivity contribution >= 4 is 11.6 Å². The molecule has 1 aliphatic carbocycles. The van der Waals surface area contributed by atoms with Crippen LogP contribution in [0.15, 0.2) is 0 Å². The quantitative estimate of drug-likeness (QED) is 0.586. The Morgan fingerprint density at radius 2 is 1.71 bits per heavy atom. The maximum atomic E-state index is 5.61. The van der Waals surface area contributed by atoms with Gasteiger partial charge in [0.05, 0.1) is 0 Å². The second-order valence-electron chi connectivity index (χ2n) is 7.64. The summed E-state index contributed by atoms with van der Waals surface area (Å²) in [6.07, 6.45) is 5.25. The molecule has 21 heavy (non-hydrogen) atoms. The first kappa shape index (κ1) is 16.0. The third kappa shape index (κ3) is 3.64. The summed E-state index contributed by atoms with van der Waals surface area (Å²) >= 11 is 0. The lowest BCUT2D eigenvalue weighted by Gasteiger charge is -2.26. The molecule has 0 aliphatic heterocycles. The van der Waals surface area contributed by atoms with E-state index in [1.165, 1.54) is 25.7 Å². The van der Waals surface area contributed by atoms with Crippen LogP contribution in [0.3, 0.4) is 0 Å². The van der Waals surface area contributed by atoms with Gasteiger partial charge in [0.15, 0.2) is 0 Å². The lowest BCUT2D eigenvalue weighted by molar-refractivity contribution is 0.361. The number of hydrogen-bond donors (Lipinski definition) is 3. The van der Waals surface area contributed by atoms with Crippen LogP contribution in [0.4, 0.5) is 11.6 Å². The van der Waals surface area contributed by atoms with Crippen molar-refractivity contribution in [2.24, 2.45) is 11.3 Å². The highest BCUT2D eigenvalue weighted by Gasteiger charge is 2.29. The maximum absolute atomic E-state index is 5.61. The molecule has 0 unspecified atom stereocenters. The molecule has 5 nitrogen and oxygen atoms in total. The molecule has 1 heterocycles. The van der Waals surface area contributed by atoms with Crippen LogP contribution in [0.1, 0.15) is 64.8 Å². The van der Waals surface area contributed by atoms with Crippen LogP contribution in [0.5, 0.6) is 0 Å². The summed E-state index contributed by atoms with van der Waals surface area (Å²) in [6.45, 7) is 11.6. The topological polar surface area (TPSA) is 75.9 Å². The van der Waals surface area contributed by atoms with Crippen LogP contribution in [0, 0.1) is 12.3 Å². The van der Waals surface area contributed by atoms with Crippen LogP contribution in [-0.4, -0.2) is 16.5 Å². The van der Waals surface area contributed by atoms with Crippen LogP contribution in [-0.2, 0) is 5.41 Å². The molecule has 0 spiro atoms. The number of hydrogen-bond acceptors (Lipinski definition) is 5. The first-order valence-electron chi connectivity index (χ1n) is 7.85. The Labute approximate surface area is 128 Å². The molecule has 1 aromatic heterocycles. The largest absolute Gasteiger partial charge is 0.369 e. The van der Waals surface area contributed by atoms with Crippen molar-refractivity contribution in [3.8, 4) is 0 Å². The summed E-state index contributed by atoms with van der Waals surface area (Å²) < 4.78 is 0. The molecule has 0 saturated heterocycles.